The quantitative estimate of drug-likeness (QED) is 0.698. The number of carbonyl (C=O) groups excluding carboxylic acids is 1. The van der Waals surface area contributed by atoms with E-state index in [1.165, 1.54) is 11.1 Å². The minimum atomic E-state index is 0.0165. The van der Waals surface area contributed by atoms with Crippen molar-refractivity contribution >= 4 is 27.5 Å². The molecule has 128 valence electrons. The third-order valence-corrected chi connectivity index (χ3v) is 5.76. The van der Waals surface area contributed by atoms with Gasteiger partial charge < -0.3 is 9.64 Å². The number of benzene rings is 2. The number of para-hydroxylation sites is 1. The van der Waals surface area contributed by atoms with Crippen molar-refractivity contribution in [1.82, 2.24) is 9.88 Å². The van der Waals surface area contributed by atoms with Crippen molar-refractivity contribution in [2.45, 2.75) is 25.5 Å². The number of hydrogen-bond donors (Lipinski definition) is 0. The lowest BCUT2D eigenvalue weighted by Gasteiger charge is -2.25. The molecule has 0 N–H and O–H groups in total. The average molecular weight is 352 g/mol. The fourth-order valence-electron chi connectivity index (χ4n) is 3.42. The summed E-state index contributed by atoms with van der Waals surface area (Å²) in [6, 6.07) is 16.6. The second kappa shape index (κ2) is 6.94. The van der Waals surface area contributed by atoms with Crippen LogP contribution < -0.4 is 0 Å². The van der Waals surface area contributed by atoms with Crippen LogP contribution in [0.4, 0.5) is 0 Å². The highest BCUT2D eigenvalue weighted by atomic mass is 32.1. The second-order valence-corrected chi connectivity index (χ2v) is 7.44. The first kappa shape index (κ1) is 16.2. The first-order valence-corrected chi connectivity index (χ1v) is 9.29. The van der Waals surface area contributed by atoms with E-state index in [1.807, 2.05) is 42.3 Å². The molecule has 0 fully saturated rings. The van der Waals surface area contributed by atoms with Gasteiger partial charge in [0, 0.05) is 7.05 Å². The summed E-state index contributed by atoms with van der Waals surface area (Å²) in [5.74, 6) is 0.0165. The number of likely N-dealkylation sites (N-methyl/N-ethyl adjacent to an activating group) is 1. The molecule has 1 aromatic heterocycles. The first-order valence-electron chi connectivity index (χ1n) is 8.48. The summed E-state index contributed by atoms with van der Waals surface area (Å²) in [6.45, 7) is 0.464. The maximum Gasteiger partial charge on any atom is 0.248 e. The SMILES string of the molecule is CN(C(=O)COCc1nc2ccccc2s1)[C@H]1CCc2ccccc21. The monoisotopic (exact) mass is 352 g/mol. The highest BCUT2D eigenvalue weighted by molar-refractivity contribution is 7.18. The van der Waals surface area contributed by atoms with E-state index in [0.29, 0.717) is 6.61 Å². The number of aromatic nitrogens is 1. The number of rotatable bonds is 5. The summed E-state index contributed by atoms with van der Waals surface area (Å²) < 4.78 is 6.78. The van der Waals surface area contributed by atoms with E-state index in [1.54, 1.807) is 11.3 Å². The van der Waals surface area contributed by atoms with Gasteiger partial charge >= 0.3 is 0 Å². The van der Waals surface area contributed by atoms with Gasteiger partial charge in [0.25, 0.3) is 0 Å². The molecule has 4 nitrogen and oxygen atoms in total. The number of hydrogen-bond acceptors (Lipinski definition) is 4. The summed E-state index contributed by atoms with van der Waals surface area (Å²) in [7, 11) is 1.87. The van der Waals surface area contributed by atoms with Crippen molar-refractivity contribution in [3.05, 3.63) is 64.7 Å². The Morgan fingerprint density at radius 3 is 2.92 bits per heavy atom. The molecule has 0 aliphatic heterocycles. The molecule has 4 rings (SSSR count). The summed E-state index contributed by atoms with van der Waals surface area (Å²) in [5, 5.41) is 0.905. The van der Waals surface area contributed by atoms with Crippen LogP contribution in [0.15, 0.2) is 48.5 Å². The van der Waals surface area contributed by atoms with Gasteiger partial charge in [0.15, 0.2) is 0 Å². The predicted molar refractivity (Wildman–Crippen MR) is 99.6 cm³/mol. The average Bonchev–Trinajstić information content (AvgIpc) is 3.24. The molecule has 1 atom stereocenters. The van der Waals surface area contributed by atoms with E-state index in [0.717, 1.165) is 28.1 Å². The Bertz CT molecular complexity index is 872. The zero-order valence-electron chi connectivity index (χ0n) is 14.1. The lowest BCUT2D eigenvalue weighted by molar-refractivity contribution is -0.137. The molecule has 1 aliphatic carbocycles. The van der Waals surface area contributed by atoms with Gasteiger partial charge in [-0.05, 0) is 36.1 Å². The first-order chi connectivity index (χ1) is 12.2. The molecule has 1 aliphatic rings. The van der Waals surface area contributed by atoms with Gasteiger partial charge in [0.2, 0.25) is 5.91 Å². The molecule has 0 radical (unpaired) electrons. The summed E-state index contributed by atoms with van der Waals surface area (Å²) >= 11 is 1.61. The van der Waals surface area contributed by atoms with Crippen molar-refractivity contribution in [2.24, 2.45) is 0 Å². The molecule has 0 unspecified atom stereocenters. The molecule has 0 bridgehead atoms. The van der Waals surface area contributed by atoms with Crippen LogP contribution in [0.25, 0.3) is 10.2 Å². The summed E-state index contributed by atoms with van der Waals surface area (Å²) in [4.78, 5) is 18.8. The van der Waals surface area contributed by atoms with Gasteiger partial charge in [-0.3, -0.25) is 4.79 Å². The van der Waals surface area contributed by atoms with Crippen LogP contribution in [0.1, 0.15) is 28.6 Å². The Morgan fingerprint density at radius 2 is 2.04 bits per heavy atom. The molecule has 0 saturated carbocycles. The Balaban J connectivity index is 1.34. The molecule has 5 heteroatoms. The lowest BCUT2D eigenvalue weighted by atomic mass is 10.1. The Labute approximate surface area is 151 Å². The molecule has 25 heavy (non-hydrogen) atoms. The van der Waals surface area contributed by atoms with Gasteiger partial charge in [-0.1, -0.05) is 36.4 Å². The molecule has 2 aromatic carbocycles. The minimum Gasteiger partial charge on any atom is -0.364 e. The van der Waals surface area contributed by atoms with Crippen molar-refractivity contribution < 1.29 is 9.53 Å². The fraction of sp³-hybridized carbons (Fsp3) is 0.300. The number of ether oxygens (including phenoxy) is 1. The van der Waals surface area contributed by atoms with E-state index in [-0.39, 0.29) is 18.6 Å². The number of fused-ring (bicyclic) bond motifs is 2. The zero-order valence-corrected chi connectivity index (χ0v) is 15.0. The summed E-state index contributed by atoms with van der Waals surface area (Å²) in [6.07, 6.45) is 2.02. The van der Waals surface area contributed by atoms with E-state index >= 15 is 0 Å². The Hall–Kier alpha value is -2.24. The van der Waals surface area contributed by atoms with Gasteiger partial charge in [-0.2, -0.15) is 0 Å². The van der Waals surface area contributed by atoms with Gasteiger partial charge in [-0.25, -0.2) is 4.98 Å². The van der Waals surface area contributed by atoms with Gasteiger partial charge in [-0.15, -0.1) is 11.3 Å². The standard InChI is InChI=1S/C20H20N2O2S/c1-22(17-11-10-14-6-2-3-7-15(14)17)20(23)13-24-12-19-21-16-8-4-5-9-18(16)25-19/h2-9,17H,10-13H2,1H3/t17-/m0/s1. The molecule has 0 spiro atoms. The molecular weight excluding hydrogens is 332 g/mol. The van der Waals surface area contributed by atoms with Gasteiger partial charge in [0.05, 0.1) is 22.9 Å². The van der Waals surface area contributed by atoms with E-state index in [9.17, 15) is 4.79 Å². The smallest absolute Gasteiger partial charge is 0.248 e. The molecule has 1 heterocycles. The summed E-state index contributed by atoms with van der Waals surface area (Å²) in [5.41, 5.74) is 3.60. The number of amides is 1. The van der Waals surface area contributed by atoms with Crippen LogP contribution in [-0.2, 0) is 22.6 Å². The number of thiazole rings is 1. The van der Waals surface area contributed by atoms with Crippen molar-refractivity contribution in [1.29, 1.82) is 0 Å². The normalized spacial score (nSPS) is 16.1. The van der Waals surface area contributed by atoms with E-state index < -0.39 is 0 Å². The Morgan fingerprint density at radius 1 is 1.24 bits per heavy atom. The maximum atomic E-state index is 12.5. The van der Waals surface area contributed by atoms with Crippen LogP contribution >= 0.6 is 11.3 Å². The molecule has 1 amide bonds. The number of carbonyl (C=O) groups is 1. The predicted octanol–water partition coefficient (Wildman–Crippen LogP) is 3.96. The van der Waals surface area contributed by atoms with Crippen LogP contribution in [0.2, 0.25) is 0 Å². The zero-order chi connectivity index (χ0) is 17.2. The molecular formula is C20H20N2O2S. The van der Waals surface area contributed by atoms with Crippen molar-refractivity contribution in [3.8, 4) is 0 Å². The number of aryl methyl sites for hydroxylation is 1. The topological polar surface area (TPSA) is 42.4 Å². The highest BCUT2D eigenvalue weighted by Gasteiger charge is 2.28. The van der Waals surface area contributed by atoms with E-state index in [2.05, 4.69) is 23.2 Å². The number of nitrogens with zero attached hydrogens (tertiary/aromatic N) is 2. The van der Waals surface area contributed by atoms with Crippen LogP contribution in [0.5, 0.6) is 0 Å². The van der Waals surface area contributed by atoms with Crippen molar-refractivity contribution in [2.75, 3.05) is 13.7 Å². The van der Waals surface area contributed by atoms with Crippen LogP contribution in [0.3, 0.4) is 0 Å². The second-order valence-electron chi connectivity index (χ2n) is 6.33. The van der Waals surface area contributed by atoms with Crippen LogP contribution in [-0.4, -0.2) is 29.4 Å². The van der Waals surface area contributed by atoms with Crippen molar-refractivity contribution in [3.63, 3.8) is 0 Å². The van der Waals surface area contributed by atoms with Gasteiger partial charge in [0.1, 0.15) is 11.6 Å². The molecule has 3 aromatic rings. The van der Waals surface area contributed by atoms with Crippen LogP contribution in [0, 0.1) is 0 Å². The minimum absolute atomic E-state index is 0.0165. The molecule has 0 saturated heterocycles. The lowest BCUT2D eigenvalue weighted by Crippen LogP contribution is -2.33. The highest BCUT2D eigenvalue weighted by Crippen LogP contribution is 2.34. The van der Waals surface area contributed by atoms with E-state index in [4.69, 9.17) is 4.74 Å². The fourth-order valence-corrected chi connectivity index (χ4v) is 4.32. The third kappa shape index (κ3) is 3.30. The third-order valence-electron chi connectivity index (χ3n) is 4.75. The Kier molecular flexibility index (Phi) is 4.51. The largest absolute Gasteiger partial charge is 0.364 e. The maximum absolute atomic E-state index is 12.5.